The first kappa shape index (κ1) is 22.5. The first-order chi connectivity index (χ1) is 15.4. The van der Waals surface area contributed by atoms with E-state index in [9.17, 15) is 18.0 Å². The van der Waals surface area contributed by atoms with Gasteiger partial charge in [0.05, 0.1) is 0 Å². The molecule has 0 unspecified atom stereocenters. The Morgan fingerprint density at radius 1 is 0.719 bits per heavy atom. The highest BCUT2D eigenvalue weighted by atomic mass is 32.3. The molecule has 0 spiro atoms. The zero-order chi connectivity index (χ0) is 22.6. The first-order valence-corrected chi connectivity index (χ1v) is 12.3. The van der Waals surface area contributed by atoms with Gasteiger partial charge in [-0.1, -0.05) is 67.8 Å². The molecule has 3 aromatic rings. The van der Waals surface area contributed by atoms with Crippen molar-refractivity contribution in [2.24, 2.45) is 0 Å². The van der Waals surface area contributed by atoms with Gasteiger partial charge in [-0.15, -0.1) is 0 Å². The molecule has 0 heterocycles. The monoisotopic (exact) mass is 458 g/mol. The summed E-state index contributed by atoms with van der Waals surface area (Å²) >= 11 is 0. The van der Waals surface area contributed by atoms with Crippen molar-refractivity contribution in [3.63, 3.8) is 0 Å². The maximum absolute atomic E-state index is 13.4. The van der Waals surface area contributed by atoms with Crippen LogP contribution in [0.1, 0.15) is 43.6 Å². The molecule has 168 valence electrons. The van der Waals surface area contributed by atoms with E-state index in [1.165, 1.54) is 24.8 Å². The van der Waals surface area contributed by atoms with Crippen LogP contribution in [0.25, 0.3) is 0 Å². The van der Waals surface area contributed by atoms with Crippen molar-refractivity contribution < 1.29 is 22.1 Å². The van der Waals surface area contributed by atoms with E-state index < -0.39 is 22.5 Å². The van der Waals surface area contributed by atoms with E-state index >= 15 is 0 Å². The average Bonchev–Trinajstić information content (AvgIpc) is 2.83. The fourth-order valence-electron chi connectivity index (χ4n) is 4.31. The third-order valence-corrected chi connectivity index (χ3v) is 9.08. The van der Waals surface area contributed by atoms with E-state index in [4.69, 9.17) is 4.18 Å². The van der Waals surface area contributed by atoms with Crippen LogP contribution in [0.3, 0.4) is 0 Å². The van der Waals surface area contributed by atoms with Crippen LogP contribution in [0, 0.1) is 0 Å². The molecule has 4 rings (SSSR count). The second-order valence-corrected chi connectivity index (χ2v) is 10.6. The van der Waals surface area contributed by atoms with Gasteiger partial charge in [0.1, 0.15) is 0 Å². The Labute approximate surface area is 187 Å². The highest BCUT2D eigenvalue weighted by Gasteiger charge is 2.47. The molecule has 0 amide bonds. The first-order valence-electron chi connectivity index (χ1n) is 10.8. The smallest absolute Gasteiger partial charge is 0.395 e. The Kier molecular flexibility index (Phi) is 6.60. The molecule has 0 aromatic heterocycles. The van der Waals surface area contributed by atoms with Crippen molar-refractivity contribution >= 4 is 16.3 Å². The second-order valence-electron chi connectivity index (χ2n) is 7.95. The molecule has 0 bridgehead atoms. The van der Waals surface area contributed by atoms with Gasteiger partial charge in [0.2, 0.25) is 0 Å². The fraction of sp³-hybridized carbons (Fsp3) is 0.269. The van der Waals surface area contributed by atoms with Crippen molar-refractivity contribution in [2.45, 2.75) is 58.9 Å². The Hall–Kier alpha value is -2.73. The van der Waals surface area contributed by atoms with E-state index in [0.29, 0.717) is 20.6 Å². The van der Waals surface area contributed by atoms with E-state index in [2.05, 4.69) is 0 Å². The van der Waals surface area contributed by atoms with Crippen LogP contribution in [0.15, 0.2) is 99.6 Å². The highest BCUT2D eigenvalue weighted by Crippen LogP contribution is 2.69. The van der Waals surface area contributed by atoms with E-state index in [1.54, 1.807) is 60.7 Å². The number of benzene rings is 3. The second kappa shape index (κ2) is 9.41. The number of hydrogen-bond donors (Lipinski definition) is 0. The summed E-state index contributed by atoms with van der Waals surface area (Å²) in [5.74, 6) is -1.72. The van der Waals surface area contributed by atoms with Gasteiger partial charge < -0.3 is 4.18 Å². The third-order valence-electron chi connectivity index (χ3n) is 5.87. The predicted octanol–water partition coefficient (Wildman–Crippen LogP) is 8.04. The molecular formula is C26H25F3O2S. The zero-order valence-corrected chi connectivity index (χ0v) is 18.4. The Balaban J connectivity index is 1.87. The Morgan fingerprint density at radius 3 is 1.66 bits per heavy atom. The van der Waals surface area contributed by atoms with Crippen molar-refractivity contribution in [2.75, 3.05) is 0 Å². The van der Waals surface area contributed by atoms with Crippen molar-refractivity contribution in [3.05, 3.63) is 90.5 Å². The van der Waals surface area contributed by atoms with Crippen LogP contribution in [-0.4, -0.2) is 12.1 Å². The number of alkyl halides is 3. The predicted molar refractivity (Wildman–Crippen MR) is 120 cm³/mol. The number of halogens is 3. The van der Waals surface area contributed by atoms with Crippen LogP contribution < -0.4 is 0 Å². The van der Waals surface area contributed by atoms with E-state index in [-0.39, 0.29) is 0 Å². The standard InChI is InChI=1S/C26H25F3O2S/c27-26(28,29)25(30)31-32(22-12-6-2-7-13-22,23-14-8-3-9-15-23)24-18-16-21(17-19-24)20-10-4-1-5-11-20/h2-3,6-9,12-20H,1,4-5,10-11H2. The zero-order valence-electron chi connectivity index (χ0n) is 17.6. The maximum atomic E-state index is 13.4. The average molecular weight is 459 g/mol. The molecule has 1 aliphatic rings. The van der Waals surface area contributed by atoms with Crippen LogP contribution in [0.5, 0.6) is 0 Å². The molecule has 2 nitrogen and oxygen atoms in total. The van der Waals surface area contributed by atoms with Crippen molar-refractivity contribution in [3.8, 4) is 0 Å². The van der Waals surface area contributed by atoms with Crippen molar-refractivity contribution in [1.82, 2.24) is 0 Å². The molecule has 1 aliphatic carbocycles. The molecule has 0 N–H and O–H groups in total. The summed E-state index contributed by atoms with van der Waals surface area (Å²) in [6, 6.07) is 25.1. The Bertz CT molecular complexity index is 989. The number of rotatable bonds is 5. The molecule has 0 radical (unpaired) electrons. The summed E-state index contributed by atoms with van der Waals surface area (Å²) in [7, 11) is -2.93. The van der Waals surface area contributed by atoms with Gasteiger partial charge in [0.15, 0.2) is 0 Å². The van der Waals surface area contributed by atoms with Gasteiger partial charge >= 0.3 is 12.1 Å². The molecule has 1 saturated carbocycles. The molecule has 1 fully saturated rings. The lowest BCUT2D eigenvalue weighted by molar-refractivity contribution is -0.188. The Morgan fingerprint density at radius 2 is 1.19 bits per heavy atom. The largest absolute Gasteiger partial charge is 0.491 e. The van der Waals surface area contributed by atoms with Gasteiger partial charge in [-0.3, -0.25) is 0 Å². The molecule has 0 saturated heterocycles. The lowest BCUT2D eigenvalue weighted by atomic mass is 9.84. The van der Waals surface area contributed by atoms with Crippen LogP contribution in [0.2, 0.25) is 0 Å². The summed E-state index contributed by atoms with van der Waals surface area (Å²) in [6.45, 7) is 0. The number of carbonyl (C=O) groups excluding carboxylic acids is 1. The van der Waals surface area contributed by atoms with Gasteiger partial charge in [0, 0.05) is 14.7 Å². The molecular weight excluding hydrogens is 433 g/mol. The lowest BCUT2D eigenvalue weighted by Crippen LogP contribution is -2.27. The SMILES string of the molecule is O=C(OS(c1ccccc1)(c1ccccc1)c1ccc(C2CCCCC2)cc1)C(F)(F)F. The summed E-state index contributed by atoms with van der Waals surface area (Å²) in [4.78, 5) is 13.8. The minimum Gasteiger partial charge on any atom is -0.395 e. The third kappa shape index (κ3) is 4.56. The topological polar surface area (TPSA) is 26.3 Å². The highest BCUT2D eigenvalue weighted by molar-refractivity contribution is 8.30. The molecule has 6 heteroatoms. The molecule has 0 atom stereocenters. The van der Waals surface area contributed by atoms with Gasteiger partial charge in [-0.2, -0.15) is 13.2 Å². The van der Waals surface area contributed by atoms with E-state index in [0.717, 1.165) is 12.8 Å². The van der Waals surface area contributed by atoms with Crippen LogP contribution >= 0.6 is 10.3 Å². The quantitative estimate of drug-likeness (QED) is 0.387. The minimum atomic E-state index is -5.09. The molecule has 3 aromatic carbocycles. The van der Waals surface area contributed by atoms with Crippen molar-refractivity contribution in [1.29, 1.82) is 0 Å². The summed E-state index contributed by atoms with van der Waals surface area (Å²) in [5, 5.41) is 0. The summed E-state index contributed by atoms with van der Waals surface area (Å²) in [6.07, 6.45) is 0.786. The van der Waals surface area contributed by atoms with Crippen LogP contribution in [0.4, 0.5) is 13.2 Å². The number of carbonyl (C=O) groups is 1. The van der Waals surface area contributed by atoms with Crippen LogP contribution in [-0.2, 0) is 8.98 Å². The minimum absolute atomic E-state index is 0.466. The summed E-state index contributed by atoms with van der Waals surface area (Å²) in [5.41, 5.74) is 1.19. The molecule has 0 aliphatic heterocycles. The lowest BCUT2D eigenvalue weighted by Gasteiger charge is -2.40. The van der Waals surface area contributed by atoms with Gasteiger partial charge in [0.25, 0.3) is 0 Å². The molecule has 32 heavy (non-hydrogen) atoms. The van der Waals surface area contributed by atoms with E-state index in [1.807, 2.05) is 24.3 Å². The van der Waals surface area contributed by atoms with Gasteiger partial charge in [-0.05, 0) is 71.0 Å². The van der Waals surface area contributed by atoms with Gasteiger partial charge in [-0.25, -0.2) is 4.79 Å². The number of hydrogen-bond acceptors (Lipinski definition) is 2. The summed E-state index contributed by atoms with van der Waals surface area (Å²) < 4.78 is 45.6. The fourth-order valence-corrected chi connectivity index (χ4v) is 7.33. The normalized spacial score (nSPS) is 15.8. The maximum Gasteiger partial charge on any atom is 0.491 e.